The van der Waals surface area contributed by atoms with Crippen molar-refractivity contribution in [2.75, 3.05) is 11.9 Å². The summed E-state index contributed by atoms with van der Waals surface area (Å²) in [5.74, 6) is -1.37. The Morgan fingerprint density at radius 1 is 1.14 bits per heavy atom. The largest absolute Gasteiger partial charge is 0.393 e. The van der Waals surface area contributed by atoms with Crippen LogP contribution in [0, 0.1) is 20.8 Å². The zero-order chi connectivity index (χ0) is 16.0. The molecule has 0 aliphatic rings. The predicted octanol–water partition coefficient (Wildman–Crippen LogP) is 1.83. The second-order valence-electron chi connectivity index (χ2n) is 5.33. The normalized spacial score (nSPS) is 11.9. The van der Waals surface area contributed by atoms with E-state index in [9.17, 15) is 14.7 Å². The van der Waals surface area contributed by atoms with E-state index < -0.39 is 17.9 Å². The highest BCUT2D eigenvalue weighted by Gasteiger charge is 2.16. The Bertz CT molecular complexity index is 503. The minimum Gasteiger partial charge on any atom is -0.393 e. The number of aliphatic hydroxyl groups excluding tert-OH is 1. The predicted molar refractivity (Wildman–Crippen MR) is 83.2 cm³/mol. The Balaban J connectivity index is 2.59. The molecule has 0 aliphatic heterocycles. The maximum absolute atomic E-state index is 11.9. The van der Waals surface area contributed by atoms with Crippen molar-refractivity contribution in [1.29, 1.82) is 0 Å². The quantitative estimate of drug-likeness (QED) is 0.724. The molecule has 2 amide bonds. The van der Waals surface area contributed by atoms with Crippen LogP contribution in [0.3, 0.4) is 0 Å². The van der Waals surface area contributed by atoms with Gasteiger partial charge in [0.25, 0.3) is 0 Å². The minimum atomic E-state index is -0.684. The van der Waals surface area contributed by atoms with Crippen LogP contribution < -0.4 is 10.6 Å². The first kappa shape index (κ1) is 17.2. The summed E-state index contributed by atoms with van der Waals surface area (Å²) in [6.45, 7) is 7.92. The Morgan fingerprint density at radius 3 is 2.24 bits per heavy atom. The SMILES string of the molecule is CCC(O)CCNC(=O)C(=O)Nc1c(C)cc(C)cc1C. The van der Waals surface area contributed by atoms with E-state index in [1.165, 1.54) is 0 Å². The van der Waals surface area contributed by atoms with E-state index in [4.69, 9.17) is 0 Å². The van der Waals surface area contributed by atoms with Crippen LogP contribution in [0.25, 0.3) is 0 Å². The maximum Gasteiger partial charge on any atom is 0.313 e. The lowest BCUT2D eigenvalue weighted by Crippen LogP contribution is -2.37. The smallest absolute Gasteiger partial charge is 0.313 e. The van der Waals surface area contributed by atoms with E-state index in [0.717, 1.165) is 16.7 Å². The lowest BCUT2D eigenvalue weighted by molar-refractivity contribution is -0.136. The molecule has 0 fully saturated rings. The summed E-state index contributed by atoms with van der Waals surface area (Å²) in [6.07, 6.45) is 0.622. The van der Waals surface area contributed by atoms with Crippen molar-refractivity contribution in [3.63, 3.8) is 0 Å². The van der Waals surface area contributed by atoms with Gasteiger partial charge in [0.05, 0.1) is 6.10 Å². The number of nitrogens with one attached hydrogen (secondary N) is 2. The van der Waals surface area contributed by atoms with E-state index in [1.54, 1.807) is 0 Å². The first-order valence-corrected chi connectivity index (χ1v) is 7.20. The lowest BCUT2D eigenvalue weighted by atomic mass is 10.1. The monoisotopic (exact) mass is 292 g/mol. The molecular weight excluding hydrogens is 268 g/mol. The molecule has 1 unspecified atom stereocenters. The fourth-order valence-electron chi connectivity index (χ4n) is 2.18. The van der Waals surface area contributed by atoms with Crippen molar-refractivity contribution in [1.82, 2.24) is 5.32 Å². The van der Waals surface area contributed by atoms with E-state index in [0.29, 0.717) is 18.5 Å². The third-order valence-corrected chi connectivity index (χ3v) is 3.36. The van der Waals surface area contributed by atoms with Crippen LogP contribution in [-0.4, -0.2) is 29.6 Å². The Labute approximate surface area is 125 Å². The lowest BCUT2D eigenvalue weighted by Gasteiger charge is -2.13. The van der Waals surface area contributed by atoms with Crippen molar-refractivity contribution in [3.8, 4) is 0 Å². The number of hydrogen-bond donors (Lipinski definition) is 3. The number of aryl methyl sites for hydroxylation is 3. The first-order valence-electron chi connectivity index (χ1n) is 7.20. The van der Waals surface area contributed by atoms with Gasteiger partial charge < -0.3 is 15.7 Å². The van der Waals surface area contributed by atoms with Crippen LogP contribution in [0.1, 0.15) is 36.5 Å². The van der Waals surface area contributed by atoms with Gasteiger partial charge in [0.1, 0.15) is 0 Å². The summed E-state index contributed by atoms with van der Waals surface area (Å²) in [5.41, 5.74) is 3.64. The molecule has 0 saturated heterocycles. The van der Waals surface area contributed by atoms with Gasteiger partial charge >= 0.3 is 11.8 Å². The molecule has 3 N–H and O–H groups in total. The number of anilines is 1. The molecule has 116 valence electrons. The van der Waals surface area contributed by atoms with Gasteiger partial charge in [-0.25, -0.2) is 0 Å². The van der Waals surface area contributed by atoms with Crippen LogP contribution in [0.2, 0.25) is 0 Å². The van der Waals surface area contributed by atoms with Crippen molar-refractivity contribution < 1.29 is 14.7 Å². The number of rotatable bonds is 5. The summed E-state index contributed by atoms with van der Waals surface area (Å²) >= 11 is 0. The zero-order valence-electron chi connectivity index (χ0n) is 13.1. The fourth-order valence-corrected chi connectivity index (χ4v) is 2.18. The number of aliphatic hydroxyl groups is 1. The molecule has 21 heavy (non-hydrogen) atoms. The molecule has 1 atom stereocenters. The maximum atomic E-state index is 11.9. The first-order chi connectivity index (χ1) is 9.85. The van der Waals surface area contributed by atoms with Gasteiger partial charge in [-0.15, -0.1) is 0 Å². The molecule has 0 heterocycles. The van der Waals surface area contributed by atoms with Gasteiger partial charge in [-0.05, 0) is 44.7 Å². The topological polar surface area (TPSA) is 78.4 Å². The molecule has 0 aromatic heterocycles. The van der Waals surface area contributed by atoms with Crippen LogP contribution >= 0.6 is 0 Å². The number of carbonyl (C=O) groups is 2. The summed E-state index contributed by atoms with van der Waals surface area (Å²) in [7, 11) is 0. The van der Waals surface area contributed by atoms with Crippen molar-refractivity contribution in [2.24, 2.45) is 0 Å². The number of benzene rings is 1. The molecule has 5 heteroatoms. The highest BCUT2D eigenvalue weighted by atomic mass is 16.3. The van der Waals surface area contributed by atoms with Gasteiger partial charge in [0, 0.05) is 12.2 Å². The van der Waals surface area contributed by atoms with E-state index in [2.05, 4.69) is 10.6 Å². The van der Waals surface area contributed by atoms with Gasteiger partial charge in [-0.1, -0.05) is 24.6 Å². The average Bonchev–Trinajstić information content (AvgIpc) is 2.41. The minimum absolute atomic E-state index is 0.285. The molecule has 0 bridgehead atoms. The molecule has 1 aromatic carbocycles. The summed E-state index contributed by atoms with van der Waals surface area (Å²) in [5, 5.41) is 14.5. The van der Waals surface area contributed by atoms with Gasteiger partial charge in [-0.3, -0.25) is 9.59 Å². The highest BCUT2D eigenvalue weighted by Crippen LogP contribution is 2.21. The zero-order valence-corrected chi connectivity index (χ0v) is 13.1. The number of carbonyl (C=O) groups excluding carboxylic acids is 2. The fraction of sp³-hybridized carbons (Fsp3) is 0.500. The van der Waals surface area contributed by atoms with Crippen LogP contribution in [0.5, 0.6) is 0 Å². The third kappa shape index (κ3) is 5.19. The van der Waals surface area contributed by atoms with Crippen molar-refractivity contribution in [3.05, 3.63) is 28.8 Å². The molecule has 5 nitrogen and oxygen atoms in total. The molecule has 0 radical (unpaired) electrons. The van der Waals surface area contributed by atoms with E-state index >= 15 is 0 Å². The van der Waals surface area contributed by atoms with E-state index in [-0.39, 0.29) is 6.54 Å². The molecule has 0 saturated carbocycles. The second kappa shape index (κ2) is 7.78. The Morgan fingerprint density at radius 2 is 1.71 bits per heavy atom. The standard InChI is InChI=1S/C16H24N2O3/c1-5-13(19)6-7-17-15(20)16(21)18-14-11(3)8-10(2)9-12(14)4/h8-9,13,19H,5-7H2,1-4H3,(H,17,20)(H,18,21). The van der Waals surface area contributed by atoms with Crippen LogP contribution in [0.4, 0.5) is 5.69 Å². The average molecular weight is 292 g/mol. The summed E-state index contributed by atoms with van der Waals surface area (Å²) < 4.78 is 0. The van der Waals surface area contributed by atoms with E-state index in [1.807, 2.05) is 39.8 Å². The highest BCUT2D eigenvalue weighted by molar-refractivity contribution is 6.39. The molecule has 1 rings (SSSR count). The van der Waals surface area contributed by atoms with Gasteiger partial charge in [0.2, 0.25) is 0 Å². The summed E-state index contributed by atoms with van der Waals surface area (Å²) in [4.78, 5) is 23.6. The van der Waals surface area contributed by atoms with Crippen molar-refractivity contribution in [2.45, 2.75) is 46.6 Å². The number of hydrogen-bond acceptors (Lipinski definition) is 3. The third-order valence-electron chi connectivity index (χ3n) is 3.36. The van der Waals surface area contributed by atoms with Crippen LogP contribution in [0.15, 0.2) is 12.1 Å². The summed E-state index contributed by atoms with van der Waals surface area (Å²) in [6, 6.07) is 3.91. The molecule has 1 aromatic rings. The second-order valence-corrected chi connectivity index (χ2v) is 5.33. The van der Waals surface area contributed by atoms with Gasteiger partial charge in [-0.2, -0.15) is 0 Å². The van der Waals surface area contributed by atoms with Crippen molar-refractivity contribution >= 4 is 17.5 Å². The Hall–Kier alpha value is -1.88. The van der Waals surface area contributed by atoms with Crippen LogP contribution in [-0.2, 0) is 9.59 Å². The molecule has 0 spiro atoms. The molecular formula is C16H24N2O3. The Kier molecular flexibility index (Phi) is 6.37. The molecule has 0 aliphatic carbocycles. The number of amides is 2. The van der Waals surface area contributed by atoms with Gasteiger partial charge in [0.15, 0.2) is 0 Å².